The number of guanidine groups is 1. The predicted molar refractivity (Wildman–Crippen MR) is 94.6 cm³/mol. The van der Waals surface area contributed by atoms with Gasteiger partial charge in [-0.05, 0) is 33.8 Å². The van der Waals surface area contributed by atoms with Crippen LogP contribution in [0.1, 0.15) is 30.9 Å². The number of hydrogen-bond acceptors (Lipinski definition) is 5. The second-order valence-electron chi connectivity index (χ2n) is 5.89. The average molecular weight is 360 g/mol. The van der Waals surface area contributed by atoms with Crippen LogP contribution in [0.2, 0.25) is 0 Å². The van der Waals surface area contributed by atoms with Crippen molar-refractivity contribution < 1.29 is 17.9 Å². The Bertz CT molecular complexity index is 665. The minimum Gasteiger partial charge on any atom is -0.466 e. The Morgan fingerprint density at radius 1 is 1.33 bits per heavy atom. The van der Waals surface area contributed by atoms with E-state index in [-0.39, 0.29) is 13.1 Å². The maximum atomic E-state index is 11.0. The third kappa shape index (κ3) is 6.90. The molecular formula is C15H28N4O4S. The smallest absolute Gasteiger partial charge is 0.208 e. The Kier molecular flexibility index (Phi) is 7.25. The molecule has 1 aromatic heterocycles. The summed E-state index contributed by atoms with van der Waals surface area (Å²) in [6.07, 6.45) is 1.11. The van der Waals surface area contributed by atoms with Gasteiger partial charge >= 0.3 is 0 Å². The Hall–Kier alpha value is -1.58. The third-order valence-corrected chi connectivity index (χ3v) is 4.02. The molecule has 1 heterocycles. The molecule has 1 aromatic rings. The topological polar surface area (TPSA) is 116 Å². The van der Waals surface area contributed by atoms with Crippen LogP contribution in [-0.2, 0) is 15.6 Å². The van der Waals surface area contributed by atoms with E-state index in [4.69, 9.17) is 4.42 Å². The molecule has 0 aromatic carbocycles. The van der Waals surface area contributed by atoms with Gasteiger partial charge in [0.2, 0.25) is 10.0 Å². The first-order chi connectivity index (χ1) is 11.0. The highest BCUT2D eigenvalue weighted by molar-refractivity contribution is 7.88. The van der Waals surface area contributed by atoms with Gasteiger partial charge in [-0.25, -0.2) is 18.1 Å². The first-order valence-corrected chi connectivity index (χ1v) is 9.71. The standard InChI is InChI=1S/C15H28N4O4S/c1-6-16-14(17-7-8-19-24(5,21)22)18-10-15(4,20)13-9-11(2)23-12(13)3/h9,19-20H,6-8,10H2,1-5H3,(H2,16,17,18). The normalized spacial score (nSPS) is 15.2. The van der Waals surface area contributed by atoms with E-state index < -0.39 is 15.6 Å². The van der Waals surface area contributed by atoms with Crippen LogP contribution in [0.25, 0.3) is 0 Å². The van der Waals surface area contributed by atoms with Crippen molar-refractivity contribution in [1.29, 1.82) is 0 Å². The molecule has 4 N–H and O–H groups in total. The van der Waals surface area contributed by atoms with Crippen molar-refractivity contribution in [3.8, 4) is 0 Å². The summed E-state index contributed by atoms with van der Waals surface area (Å²) in [5.74, 6) is 1.91. The molecule has 9 heteroatoms. The Morgan fingerprint density at radius 2 is 2.00 bits per heavy atom. The van der Waals surface area contributed by atoms with Gasteiger partial charge < -0.3 is 20.2 Å². The summed E-state index contributed by atoms with van der Waals surface area (Å²) < 4.78 is 29.9. The fraction of sp³-hybridized carbons (Fsp3) is 0.667. The molecule has 8 nitrogen and oxygen atoms in total. The van der Waals surface area contributed by atoms with Crippen LogP contribution in [-0.4, -0.2) is 51.9 Å². The van der Waals surface area contributed by atoms with Crippen LogP contribution in [0.15, 0.2) is 15.5 Å². The second kappa shape index (κ2) is 8.50. The van der Waals surface area contributed by atoms with E-state index >= 15 is 0 Å². The first-order valence-electron chi connectivity index (χ1n) is 7.82. The van der Waals surface area contributed by atoms with E-state index in [1.807, 2.05) is 13.8 Å². The van der Waals surface area contributed by atoms with Crippen LogP contribution in [0, 0.1) is 13.8 Å². The molecule has 0 amide bonds. The highest BCUT2D eigenvalue weighted by Crippen LogP contribution is 2.27. The van der Waals surface area contributed by atoms with Gasteiger partial charge in [-0.2, -0.15) is 0 Å². The number of aliphatic hydroxyl groups is 1. The van der Waals surface area contributed by atoms with Crippen LogP contribution in [0.4, 0.5) is 0 Å². The molecule has 1 rings (SSSR count). The van der Waals surface area contributed by atoms with E-state index in [1.54, 1.807) is 19.9 Å². The van der Waals surface area contributed by atoms with E-state index in [0.29, 0.717) is 30.4 Å². The molecule has 24 heavy (non-hydrogen) atoms. The van der Waals surface area contributed by atoms with E-state index in [9.17, 15) is 13.5 Å². The Morgan fingerprint density at radius 3 is 2.50 bits per heavy atom. The molecule has 0 saturated carbocycles. The van der Waals surface area contributed by atoms with Gasteiger partial charge in [0.15, 0.2) is 5.96 Å². The third-order valence-electron chi connectivity index (χ3n) is 3.29. The molecule has 138 valence electrons. The van der Waals surface area contributed by atoms with Crippen molar-refractivity contribution in [2.24, 2.45) is 4.99 Å². The van der Waals surface area contributed by atoms with Gasteiger partial charge in [-0.1, -0.05) is 0 Å². The van der Waals surface area contributed by atoms with Crippen LogP contribution >= 0.6 is 0 Å². The number of aliphatic imine (C=N–C) groups is 1. The summed E-state index contributed by atoms with van der Waals surface area (Å²) in [6.45, 7) is 8.66. The Labute approximate surface area is 143 Å². The monoisotopic (exact) mass is 360 g/mol. The summed E-state index contributed by atoms with van der Waals surface area (Å²) in [7, 11) is -3.21. The fourth-order valence-corrected chi connectivity index (χ4v) is 2.72. The molecule has 0 aliphatic heterocycles. The van der Waals surface area contributed by atoms with E-state index in [1.165, 1.54) is 0 Å². The number of nitrogens with zero attached hydrogens (tertiary/aromatic N) is 1. The summed E-state index contributed by atoms with van der Waals surface area (Å²) in [5, 5.41) is 16.7. The van der Waals surface area contributed by atoms with Crippen molar-refractivity contribution >= 4 is 16.0 Å². The zero-order valence-corrected chi connectivity index (χ0v) is 15.7. The zero-order valence-electron chi connectivity index (χ0n) is 14.9. The molecule has 0 saturated heterocycles. The number of furan rings is 1. The molecule has 1 atom stereocenters. The lowest BCUT2D eigenvalue weighted by atomic mass is 9.96. The van der Waals surface area contributed by atoms with Crippen molar-refractivity contribution in [3.05, 3.63) is 23.2 Å². The van der Waals surface area contributed by atoms with Crippen LogP contribution in [0.5, 0.6) is 0 Å². The average Bonchev–Trinajstić information content (AvgIpc) is 2.79. The van der Waals surface area contributed by atoms with Gasteiger partial charge in [0.25, 0.3) is 0 Å². The number of rotatable bonds is 8. The first kappa shape index (κ1) is 20.5. The van der Waals surface area contributed by atoms with Crippen molar-refractivity contribution in [2.45, 2.75) is 33.3 Å². The molecule has 0 radical (unpaired) electrons. The molecule has 0 aliphatic rings. The molecule has 0 bridgehead atoms. The van der Waals surface area contributed by atoms with Gasteiger partial charge in [0.1, 0.15) is 17.1 Å². The quantitative estimate of drug-likeness (QED) is 0.299. The minimum atomic E-state index is -3.21. The van der Waals surface area contributed by atoms with Crippen molar-refractivity contribution in [1.82, 2.24) is 15.4 Å². The summed E-state index contributed by atoms with van der Waals surface area (Å²) in [4.78, 5) is 4.37. The second-order valence-corrected chi connectivity index (χ2v) is 7.72. The highest BCUT2D eigenvalue weighted by Gasteiger charge is 2.27. The molecule has 0 fully saturated rings. The maximum absolute atomic E-state index is 11.0. The summed E-state index contributed by atoms with van der Waals surface area (Å²) in [5.41, 5.74) is -0.451. The van der Waals surface area contributed by atoms with E-state index in [2.05, 4.69) is 20.3 Å². The lowest BCUT2D eigenvalue weighted by Gasteiger charge is -2.21. The van der Waals surface area contributed by atoms with Gasteiger partial charge in [0.05, 0.1) is 12.8 Å². The van der Waals surface area contributed by atoms with Gasteiger partial charge in [-0.15, -0.1) is 0 Å². The lowest BCUT2D eigenvalue weighted by Crippen LogP contribution is -2.42. The number of nitrogens with one attached hydrogen (secondary N) is 3. The molecule has 0 aliphatic carbocycles. The number of sulfonamides is 1. The minimum absolute atomic E-state index is 0.141. The van der Waals surface area contributed by atoms with E-state index in [0.717, 1.165) is 12.0 Å². The summed E-state index contributed by atoms with van der Waals surface area (Å²) in [6, 6.07) is 1.81. The van der Waals surface area contributed by atoms with Crippen LogP contribution < -0.4 is 15.4 Å². The largest absolute Gasteiger partial charge is 0.466 e. The van der Waals surface area contributed by atoms with Crippen molar-refractivity contribution in [2.75, 3.05) is 32.4 Å². The predicted octanol–water partition coefficient (Wildman–Crippen LogP) is 0.208. The van der Waals surface area contributed by atoms with Crippen LogP contribution in [0.3, 0.4) is 0 Å². The molecule has 0 spiro atoms. The van der Waals surface area contributed by atoms with Crippen molar-refractivity contribution in [3.63, 3.8) is 0 Å². The highest BCUT2D eigenvalue weighted by atomic mass is 32.2. The maximum Gasteiger partial charge on any atom is 0.208 e. The summed E-state index contributed by atoms with van der Waals surface area (Å²) >= 11 is 0. The number of hydrogen-bond donors (Lipinski definition) is 4. The SMILES string of the molecule is CCNC(=NCC(C)(O)c1cc(C)oc1C)NCCNS(C)(=O)=O. The van der Waals surface area contributed by atoms with Gasteiger partial charge in [-0.3, -0.25) is 0 Å². The van der Waals surface area contributed by atoms with Gasteiger partial charge in [0, 0.05) is 25.2 Å². The lowest BCUT2D eigenvalue weighted by molar-refractivity contribution is 0.0657. The number of aryl methyl sites for hydroxylation is 2. The molecular weight excluding hydrogens is 332 g/mol. The zero-order chi connectivity index (χ0) is 18.4. The Balaban J connectivity index is 2.68. The fourth-order valence-electron chi connectivity index (χ4n) is 2.24. The molecule has 1 unspecified atom stereocenters.